The topological polar surface area (TPSA) is 92.0 Å². The van der Waals surface area contributed by atoms with Gasteiger partial charge in [0.05, 0.1) is 11.2 Å². The van der Waals surface area contributed by atoms with E-state index >= 15 is 0 Å². The van der Waals surface area contributed by atoms with E-state index in [2.05, 4.69) is 39.8 Å². The van der Waals surface area contributed by atoms with Gasteiger partial charge in [-0.25, -0.2) is 9.78 Å². The van der Waals surface area contributed by atoms with Crippen LogP contribution in [0.3, 0.4) is 0 Å². The summed E-state index contributed by atoms with van der Waals surface area (Å²) in [5.74, 6) is 0.691. The van der Waals surface area contributed by atoms with Gasteiger partial charge in [-0.15, -0.1) is 24.0 Å². The lowest BCUT2D eigenvalue weighted by atomic mass is 9.93. The molecular weight excluding hydrogens is 507 g/mol. The second-order valence-electron chi connectivity index (χ2n) is 8.42. The molecule has 0 unspecified atom stereocenters. The molecule has 2 heterocycles. The monoisotopic (exact) mass is 544 g/mol. The van der Waals surface area contributed by atoms with Crippen molar-refractivity contribution in [2.75, 3.05) is 20.1 Å². The van der Waals surface area contributed by atoms with Gasteiger partial charge in [-0.2, -0.15) is 0 Å². The van der Waals surface area contributed by atoms with Gasteiger partial charge in [0, 0.05) is 39.0 Å². The Bertz CT molecular complexity index is 822. The highest BCUT2D eigenvalue weighted by molar-refractivity contribution is 14.0. The molecule has 0 aliphatic carbocycles. The van der Waals surface area contributed by atoms with Crippen LogP contribution in [-0.4, -0.2) is 52.7 Å². The molecule has 0 fully saturated rings. The number of hydrogen-bond acceptors (Lipinski definition) is 4. The van der Waals surface area contributed by atoms with Crippen molar-refractivity contribution in [1.29, 1.82) is 0 Å². The standard InChI is InChI=1S/C22H36N6O2.HI/c1-7-22(8-2,27-20(29)30-21(3,4)5)16-25-19(23-6)24-13-12-17-15-28-14-10-9-11-18(28)26-17;/h9-11,14-15H,7-8,12-13,16H2,1-6H3,(H,27,29)(H2,23,24,25);1H. The molecule has 0 spiro atoms. The summed E-state index contributed by atoms with van der Waals surface area (Å²) < 4.78 is 7.45. The van der Waals surface area contributed by atoms with Crippen molar-refractivity contribution in [2.45, 2.75) is 65.0 Å². The number of alkyl carbamates (subject to hydrolysis) is 1. The summed E-state index contributed by atoms with van der Waals surface area (Å²) in [5, 5.41) is 9.70. The molecule has 0 radical (unpaired) electrons. The first kappa shape index (κ1) is 27.0. The molecule has 9 heteroatoms. The predicted octanol–water partition coefficient (Wildman–Crippen LogP) is 3.74. The molecule has 8 nitrogen and oxygen atoms in total. The summed E-state index contributed by atoms with van der Waals surface area (Å²) in [4.78, 5) is 21.2. The molecule has 2 rings (SSSR count). The molecule has 1 amide bonds. The van der Waals surface area contributed by atoms with Crippen LogP contribution in [0.15, 0.2) is 35.6 Å². The first-order valence-corrected chi connectivity index (χ1v) is 10.6. The fraction of sp³-hybridized carbons (Fsp3) is 0.591. The van der Waals surface area contributed by atoms with Crippen molar-refractivity contribution in [2.24, 2.45) is 4.99 Å². The third kappa shape index (κ3) is 8.54. The molecule has 0 aromatic carbocycles. The van der Waals surface area contributed by atoms with Gasteiger partial charge in [0.15, 0.2) is 5.96 Å². The van der Waals surface area contributed by atoms with E-state index in [0.717, 1.165) is 30.6 Å². The second-order valence-corrected chi connectivity index (χ2v) is 8.42. The lowest BCUT2D eigenvalue weighted by Crippen LogP contribution is -2.57. The van der Waals surface area contributed by atoms with E-state index < -0.39 is 17.2 Å². The molecule has 31 heavy (non-hydrogen) atoms. The molecule has 0 saturated carbocycles. The molecule has 174 valence electrons. The molecule has 3 N–H and O–H groups in total. The van der Waals surface area contributed by atoms with Gasteiger partial charge in [-0.1, -0.05) is 19.9 Å². The third-order valence-corrected chi connectivity index (χ3v) is 5.02. The Morgan fingerprint density at radius 2 is 1.90 bits per heavy atom. The zero-order valence-electron chi connectivity index (χ0n) is 19.5. The quantitative estimate of drug-likeness (QED) is 0.268. The minimum absolute atomic E-state index is 0. The van der Waals surface area contributed by atoms with Crippen molar-refractivity contribution >= 4 is 41.7 Å². The number of fused-ring (bicyclic) bond motifs is 1. The van der Waals surface area contributed by atoms with Crippen molar-refractivity contribution in [3.8, 4) is 0 Å². The molecule has 2 aromatic heterocycles. The Balaban J connectivity index is 0.00000480. The fourth-order valence-electron chi connectivity index (χ4n) is 3.13. The number of aliphatic imine (C=N–C) groups is 1. The third-order valence-electron chi connectivity index (χ3n) is 5.02. The van der Waals surface area contributed by atoms with Gasteiger partial charge in [0.2, 0.25) is 0 Å². The number of halogens is 1. The highest BCUT2D eigenvalue weighted by Gasteiger charge is 2.30. The van der Waals surface area contributed by atoms with Crippen LogP contribution in [-0.2, 0) is 11.2 Å². The van der Waals surface area contributed by atoms with E-state index in [0.29, 0.717) is 19.0 Å². The number of pyridine rings is 1. The predicted molar refractivity (Wildman–Crippen MR) is 136 cm³/mol. The maximum Gasteiger partial charge on any atom is 0.408 e. The molecule has 0 aliphatic rings. The lowest BCUT2D eigenvalue weighted by Gasteiger charge is -2.34. The smallest absolute Gasteiger partial charge is 0.408 e. The van der Waals surface area contributed by atoms with E-state index in [1.54, 1.807) is 7.05 Å². The molecular formula is C22H37IN6O2. The van der Waals surface area contributed by atoms with E-state index in [-0.39, 0.29) is 24.0 Å². The SMILES string of the molecule is CCC(CC)(CNC(=NC)NCCc1cn2ccccc2n1)NC(=O)OC(C)(C)C.I. The Labute approximate surface area is 202 Å². The average molecular weight is 544 g/mol. The van der Waals surface area contributed by atoms with E-state index in [4.69, 9.17) is 4.74 Å². The summed E-state index contributed by atoms with van der Waals surface area (Å²) in [6.07, 6.45) is 5.96. The number of ether oxygens (including phenoxy) is 1. The minimum atomic E-state index is -0.528. The van der Waals surface area contributed by atoms with Crippen LogP contribution in [0.2, 0.25) is 0 Å². The average Bonchev–Trinajstić information content (AvgIpc) is 3.10. The summed E-state index contributed by atoms with van der Waals surface area (Å²) in [6.45, 7) is 10.9. The van der Waals surface area contributed by atoms with Crippen molar-refractivity contribution in [3.05, 3.63) is 36.3 Å². The Kier molecular flexibility index (Phi) is 10.5. The first-order chi connectivity index (χ1) is 14.2. The fourth-order valence-corrected chi connectivity index (χ4v) is 3.13. The largest absolute Gasteiger partial charge is 0.444 e. The van der Waals surface area contributed by atoms with Crippen molar-refractivity contribution in [3.63, 3.8) is 0 Å². The number of carbonyl (C=O) groups excluding carboxylic acids is 1. The van der Waals surface area contributed by atoms with Gasteiger partial charge in [-0.3, -0.25) is 4.99 Å². The molecule has 0 bridgehead atoms. The van der Waals surface area contributed by atoms with Crippen LogP contribution in [0.25, 0.3) is 5.65 Å². The summed E-state index contributed by atoms with van der Waals surface area (Å²) >= 11 is 0. The van der Waals surface area contributed by atoms with Crippen LogP contribution < -0.4 is 16.0 Å². The number of hydrogen-bond donors (Lipinski definition) is 3. The van der Waals surface area contributed by atoms with E-state index in [1.807, 2.05) is 55.8 Å². The number of guanidine groups is 1. The van der Waals surface area contributed by atoms with Crippen LogP contribution in [0.1, 0.15) is 53.2 Å². The summed E-state index contributed by atoms with van der Waals surface area (Å²) in [6, 6.07) is 5.96. The number of amides is 1. The zero-order chi connectivity index (χ0) is 22.2. The number of nitrogens with zero attached hydrogens (tertiary/aromatic N) is 3. The molecule has 0 aliphatic heterocycles. The van der Waals surface area contributed by atoms with Crippen LogP contribution in [0, 0.1) is 0 Å². The molecule has 2 aromatic rings. The van der Waals surface area contributed by atoms with Crippen molar-refractivity contribution in [1.82, 2.24) is 25.3 Å². The maximum absolute atomic E-state index is 12.3. The number of nitrogens with one attached hydrogen (secondary N) is 3. The van der Waals surface area contributed by atoms with Crippen molar-refractivity contribution < 1.29 is 9.53 Å². The Hall–Kier alpha value is -2.04. The van der Waals surface area contributed by atoms with Gasteiger partial charge >= 0.3 is 6.09 Å². The van der Waals surface area contributed by atoms with Crippen LogP contribution in [0.4, 0.5) is 4.79 Å². The van der Waals surface area contributed by atoms with E-state index in [1.165, 1.54) is 0 Å². The number of carbonyl (C=O) groups is 1. The maximum atomic E-state index is 12.3. The second kappa shape index (κ2) is 12.1. The van der Waals surface area contributed by atoms with Gasteiger partial charge in [-0.05, 0) is 45.7 Å². The highest BCUT2D eigenvalue weighted by atomic mass is 127. The van der Waals surface area contributed by atoms with Gasteiger partial charge < -0.3 is 25.1 Å². The summed E-state index contributed by atoms with van der Waals surface area (Å²) in [5.41, 5.74) is 1.02. The van der Waals surface area contributed by atoms with E-state index in [9.17, 15) is 4.79 Å². The minimum Gasteiger partial charge on any atom is -0.444 e. The molecule has 0 atom stereocenters. The Morgan fingerprint density at radius 1 is 1.19 bits per heavy atom. The highest BCUT2D eigenvalue weighted by Crippen LogP contribution is 2.16. The van der Waals surface area contributed by atoms with Gasteiger partial charge in [0.25, 0.3) is 0 Å². The lowest BCUT2D eigenvalue weighted by molar-refractivity contribution is 0.0448. The van der Waals surface area contributed by atoms with Crippen LogP contribution >= 0.6 is 24.0 Å². The zero-order valence-corrected chi connectivity index (χ0v) is 21.8. The number of rotatable bonds is 8. The van der Waals surface area contributed by atoms with Crippen LogP contribution in [0.5, 0.6) is 0 Å². The number of aromatic nitrogens is 2. The number of imidazole rings is 1. The van der Waals surface area contributed by atoms with Gasteiger partial charge in [0.1, 0.15) is 11.2 Å². The normalized spacial score (nSPS) is 12.3. The summed E-state index contributed by atoms with van der Waals surface area (Å²) in [7, 11) is 1.74. The molecule has 0 saturated heterocycles. The first-order valence-electron chi connectivity index (χ1n) is 10.6. The Morgan fingerprint density at radius 3 is 2.48 bits per heavy atom.